The van der Waals surface area contributed by atoms with Gasteiger partial charge < -0.3 is 13.7 Å². The summed E-state index contributed by atoms with van der Waals surface area (Å²) >= 11 is 0. The van der Waals surface area contributed by atoms with Crippen molar-refractivity contribution in [1.82, 2.24) is 13.7 Å². The first-order valence-electron chi connectivity index (χ1n) is 24.2. The maximum atomic E-state index is 2.53. The monoisotopic (exact) mass is 907 g/mol. The number of nitrogens with zero attached hydrogens (tertiary/aromatic N) is 3. The van der Waals surface area contributed by atoms with Gasteiger partial charge in [-0.25, -0.2) is 0 Å². The zero-order chi connectivity index (χ0) is 46.2. The maximum absolute atomic E-state index is 2.80. The number of aromatic nitrogens is 3. The van der Waals surface area contributed by atoms with Gasteiger partial charge in [0.1, 0.15) is 0 Å². The molecule has 0 radical (unpaired) electrons. The van der Waals surface area contributed by atoms with Crippen LogP contribution in [0.5, 0.6) is 0 Å². The van der Waals surface area contributed by atoms with E-state index in [2.05, 4.69) is 287 Å². The molecule has 0 bridgehead atoms. The van der Waals surface area contributed by atoms with Crippen LogP contribution in [0, 0.1) is 0 Å². The third kappa shape index (κ3) is 5.94. The van der Waals surface area contributed by atoms with Crippen molar-refractivity contribution in [1.29, 1.82) is 0 Å². The molecule has 0 amide bonds. The standard InChI is InChI=1S/C66H45N3Si/c1-5-22-46(23-6-1)66-64(68-60-36-19-15-32-54(60)56-44-47(40-42-62(56)68)67-58-34-17-13-30-52(58)53-31-14-18-35-59(53)67)38-21-39-65(66)69-61-37-20-16-33-55(61)57-45-51(41-43-63(57)69)70(48-24-7-2-8-25-48,49-26-9-3-10-27-49)50-28-11-4-12-29-50/h1-45H. The molecular formula is C66H45N3Si. The van der Waals surface area contributed by atoms with Crippen molar-refractivity contribution in [2.75, 3.05) is 0 Å². The summed E-state index contributed by atoms with van der Waals surface area (Å²) in [4.78, 5) is 0. The zero-order valence-corrected chi connectivity index (χ0v) is 39.3. The Labute approximate surface area is 407 Å². The van der Waals surface area contributed by atoms with Gasteiger partial charge in [-0.2, -0.15) is 0 Å². The average molecular weight is 908 g/mol. The number of para-hydroxylation sites is 4. The lowest BCUT2D eigenvalue weighted by atomic mass is 10.0. The van der Waals surface area contributed by atoms with Gasteiger partial charge in [0.2, 0.25) is 0 Å². The fourth-order valence-corrected chi connectivity index (χ4v) is 16.7. The minimum Gasteiger partial charge on any atom is -0.309 e. The summed E-state index contributed by atoms with van der Waals surface area (Å²) in [6.07, 6.45) is 0. The van der Waals surface area contributed by atoms with Crippen molar-refractivity contribution >= 4 is 94.2 Å². The first-order chi connectivity index (χ1) is 34.8. The molecule has 0 N–H and O–H groups in total. The van der Waals surface area contributed by atoms with Gasteiger partial charge >= 0.3 is 0 Å². The highest BCUT2D eigenvalue weighted by Gasteiger charge is 2.41. The van der Waals surface area contributed by atoms with E-state index in [1.165, 1.54) is 86.2 Å². The SMILES string of the molecule is c1ccc(-c2c(-n3c4ccccc4c4cc(-n5c6ccccc6c6ccccc65)ccc43)cccc2-n2c3ccccc3c3cc([Si](c4ccccc4)(c4ccccc4)c4ccccc4)ccc32)cc1. The minimum atomic E-state index is -2.80. The predicted molar refractivity (Wildman–Crippen MR) is 299 cm³/mol. The van der Waals surface area contributed by atoms with Gasteiger partial charge in [-0.1, -0.05) is 212 Å². The topological polar surface area (TPSA) is 14.8 Å². The van der Waals surface area contributed by atoms with E-state index in [0.29, 0.717) is 0 Å². The molecular weight excluding hydrogens is 863 g/mol. The molecule has 11 aromatic carbocycles. The van der Waals surface area contributed by atoms with Crippen LogP contribution in [0.25, 0.3) is 93.6 Å². The number of hydrogen-bond acceptors (Lipinski definition) is 0. The molecule has 0 saturated heterocycles. The first-order valence-corrected chi connectivity index (χ1v) is 26.2. The molecule has 0 unspecified atom stereocenters. The molecule has 3 nitrogen and oxygen atoms in total. The molecule has 0 atom stereocenters. The molecule has 14 rings (SSSR count). The Morgan fingerprint density at radius 1 is 0.229 bits per heavy atom. The lowest BCUT2D eigenvalue weighted by Gasteiger charge is -2.34. The molecule has 0 saturated carbocycles. The summed E-state index contributed by atoms with van der Waals surface area (Å²) < 4.78 is 7.44. The highest BCUT2D eigenvalue weighted by Crippen LogP contribution is 2.43. The second-order valence-electron chi connectivity index (χ2n) is 18.4. The Kier molecular flexibility index (Phi) is 9.23. The van der Waals surface area contributed by atoms with Gasteiger partial charge in [0.05, 0.1) is 44.5 Å². The summed E-state index contributed by atoms with van der Waals surface area (Å²) in [5.41, 5.74) is 12.8. The van der Waals surface area contributed by atoms with Crippen LogP contribution >= 0.6 is 0 Å². The fourth-order valence-electron chi connectivity index (χ4n) is 11.9. The van der Waals surface area contributed by atoms with E-state index in [-0.39, 0.29) is 0 Å². The quantitative estimate of drug-likeness (QED) is 0.107. The number of fused-ring (bicyclic) bond motifs is 9. The Morgan fingerprint density at radius 2 is 0.586 bits per heavy atom. The largest absolute Gasteiger partial charge is 0.309 e. The van der Waals surface area contributed by atoms with E-state index in [0.717, 1.165) is 28.1 Å². The van der Waals surface area contributed by atoms with Crippen LogP contribution in [0.4, 0.5) is 0 Å². The van der Waals surface area contributed by atoms with E-state index in [9.17, 15) is 0 Å². The number of rotatable bonds is 8. The number of hydrogen-bond donors (Lipinski definition) is 0. The average Bonchev–Trinajstić information content (AvgIpc) is 4.07. The molecule has 0 aliphatic heterocycles. The fraction of sp³-hybridized carbons (Fsp3) is 0. The van der Waals surface area contributed by atoms with Crippen LogP contribution in [0.1, 0.15) is 0 Å². The Morgan fingerprint density at radius 3 is 1.06 bits per heavy atom. The van der Waals surface area contributed by atoms with Gasteiger partial charge in [0.25, 0.3) is 0 Å². The second kappa shape index (κ2) is 16.1. The molecule has 0 fully saturated rings. The smallest absolute Gasteiger partial charge is 0.179 e. The molecule has 0 spiro atoms. The minimum absolute atomic E-state index is 1.13. The Hall–Kier alpha value is -8.96. The molecule has 3 aromatic heterocycles. The molecule has 70 heavy (non-hydrogen) atoms. The lowest BCUT2D eigenvalue weighted by Crippen LogP contribution is -2.74. The van der Waals surface area contributed by atoms with Gasteiger partial charge in [-0.3, -0.25) is 0 Å². The van der Waals surface area contributed by atoms with Gasteiger partial charge in [0.15, 0.2) is 8.07 Å². The second-order valence-corrected chi connectivity index (χ2v) is 22.2. The summed E-state index contributed by atoms with van der Waals surface area (Å²) in [5, 5.41) is 12.9. The molecule has 14 aromatic rings. The van der Waals surface area contributed by atoms with Crippen molar-refractivity contribution in [3.8, 4) is 28.2 Å². The Balaban J connectivity index is 1.03. The van der Waals surface area contributed by atoms with E-state index in [1.807, 2.05) is 0 Å². The summed E-state index contributed by atoms with van der Waals surface area (Å²) in [6, 6.07) is 101. The van der Waals surface area contributed by atoms with Crippen LogP contribution in [0.15, 0.2) is 273 Å². The van der Waals surface area contributed by atoms with Crippen molar-refractivity contribution in [2.45, 2.75) is 0 Å². The summed E-state index contributed by atoms with van der Waals surface area (Å²) in [5.74, 6) is 0. The molecule has 0 aliphatic carbocycles. The van der Waals surface area contributed by atoms with Gasteiger partial charge in [-0.05, 0) is 87.0 Å². The lowest BCUT2D eigenvalue weighted by molar-refractivity contribution is 1.13. The Bertz CT molecular complexity index is 4130. The van der Waals surface area contributed by atoms with E-state index in [4.69, 9.17) is 0 Å². The first kappa shape index (κ1) is 40.1. The highest BCUT2D eigenvalue weighted by molar-refractivity contribution is 7.20. The zero-order valence-electron chi connectivity index (χ0n) is 38.3. The van der Waals surface area contributed by atoms with Crippen molar-refractivity contribution in [2.24, 2.45) is 0 Å². The van der Waals surface area contributed by atoms with Crippen molar-refractivity contribution in [3.05, 3.63) is 273 Å². The van der Waals surface area contributed by atoms with Crippen LogP contribution in [0.2, 0.25) is 0 Å². The molecule has 3 heterocycles. The molecule has 328 valence electrons. The predicted octanol–water partition coefficient (Wildman–Crippen LogP) is 14.0. The summed E-state index contributed by atoms with van der Waals surface area (Å²) in [7, 11) is -2.80. The van der Waals surface area contributed by atoms with Crippen LogP contribution in [0.3, 0.4) is 0 Å². The maximum Gasteiger partial charge on any atom is 0.179 e. The van der Waals surface area contributed by atoms with E-state index in [1.54, 1.807) is 0 Å². The third-order valence-electron chi connectivity index (χ3n) is 14.8. The van der Waals surface area contributed by atoms with E-state index >= 15 is 0 Å². The van der Waals surface area contributed by atoms with E-state index < -0.39 is 8.07 Å². The number of benzene rings is 11. The van der Waals surface area contributed by atoms with Crippen LogP contribution in [-0.4, -0.2) is 21.8 Å². The van der Waals surface area contributed by atoms with Gasteiger partial charge in [-0.15, -0.1) is 0 Å². The van der Waals surface area contributed by atoms with Gasteiger partial charge in [0, 0.05) is 43.6 Å². The van der Waals surface area contributed by atoms with Crippen LogP contribution in [-0.2, 0) is 0 Å². The van der Waals surface area contributed by atoms with Crippen molar-refractivity contribution < 1.29 is 0 Å². The van der Waals surface area contributed by atoms with Crippen molar-refractivity contribution in [3.63, 3.8) is 0 Å². The normalized spacial score (nSPS) is 12.0. The third-order valence-corrected chi connectivity index (χ3v) is 19.6. The molecule has 4 heteroatoms. The summed E-state index contributed by atoms with van der Waals surface area (Å²) in [6.45, 7) is 0. The van der Waals surface area contributed by atoms with Crippen LogP contribution < -0.4 is 20.7 Å². The molecule has 0 aliphatic rings. The highest BCUT2D eigenvalue weighted by atomic mass is 28.3.